The molecule has 0 aliphatic heterocycles. The van der Waals surface area contributed by atoms with E-state index in [1.807, 2.05) is 6.20 Å². The minimum Gasteiger partial charge on any atom is -0.378 e. The Morgan fingerprint density at radius 1 is 1.67 bits per heavy atom. The van der Waals surface area contributed by atoms with Gasteiger partial charge in [0.05, 0.1) is 0 Å². The molecule has 1 aliphatic carbocycles. The summed E-state index contributed by atoms with van der Waals surface area (Å²) in [7, 11) is 2.09. The SMILES string of the molecule is C=CN(C)C(C)C1CC1. The van der Waals surface area contributed by atoms with Gasteiger partial charge in [0.15, 0.2) is 0 Å². The summed E-state index contributed by atoms with van der Waals surface area (Å²) in [6.07, 6.45) is 4.74. The maximum absolute atomic E-state index is 3.72. The van der Waals surface area contributed by atoms with E-state index in [-0.39, 0.29) is 0 Å². The lowest BCUT2D eigenvalue weighted by Gasteiger charge is -2.21. The summed E-state index contributed by atoms with van der Waals surface area (Å²) >= 11 is 0. The maximum atomic E-state index is 3.72. The smallest absolute Gasteiger partial charge is 0.0280 e. The summed E-state index contributed by atoms with van der Waals surface area (Å²) < 4.78 is 0. The van der Waals surface area contributed by atoms with Gasteiger partial charge in [0, 0.05) is 13.1 Å². The van der Waals surface area contributed by atoms with E-state index in [1.165, 1.54) is 12.8 Å². The third-order valence-corrected chi connectivity index (χ3v) is 2.23. The molecule has 0 saturated heterocycles. The van der Waals surface area contributed by atoms with Crippen molar-refractivity contribution >= 4 is 0 Å². The Labute approximate surface area is 57.4 Å². The average molecular weight is 125 g/mol. The predicted molar refractivity (Wildman–Crippen MR) is 40.1 cm³/mol. The Kier molecular flexibility index (Phi) is 1.79. The number of nitrogens with zero attached hydrogens (tertiary/aromatic N) is 1. The fraction of sp³-hybridized carbons (Fsp3) is 0.750. The second-order valence-electron chi connectivity index (χ2n) is 2.93. The zero-order chi connectivity index (χ0) is 6.85. The molecular weight excluding hydrogens is 110 g/mol. The van der Waals surface area contributed by atoms with Gasteiger partial charge in [-0.2, -0.15) is 0 Å². The van der Waals surface area contributed by atoms with Crippen LogP contribution in [0.5, 0.6) is 0 Å². The van der Waals surface area contributed by atoms with Crippen LogP contribution in [-0.4, -0.2) is 18.0 Å². The molecule has 0 heterocycles. The lowest BCUT2D eigenvalue weighted by atomic mass is 10.2. The molecule has 9 heavy (non-hydrogen) atoms. The van der Waals surface area contributed by atoms with Gasteiger partial charge in [0.25, 0.3) is 0 Å². The lowest BCUT2D eigenvalue weighted by molar-refractivity contribution is 0.320. The minimum absolute atomic E-state index is 0.711. The van der Waals surface area contributed by atoms with Gasteiger partial charge in [-0.1, -0.05) is 6.58 Å². The van der Waals surface area contributed by atoms with Crippen LogP contribution in [0.15, 0.2) is 12.8 Å². The van der Waals surface area contributed by atoms with E-state index in [1.54, 1.807) is 0 Å². The van der Waals surface area contributed by atoms with Crippen LogP contribution in [0.25, 0.3) is 0 Å². The Morgan fingerprint density at radius 2 is 2.22 bits per heavy atom. The summed E-state index contributed by atoms with van der Waals surface area (Å²) in [5.41, 5.74) is 0. The summed E-state index contributed by atoms with van der Waals surface area (Å²) in [5, 5.41) is 0. The van der Waals surface area contributed by atoms with Crippen LogP contribution in [0, 0.1) is 5.92 Å². The lowest BCUT2D eigenvalue weighted by Crippen LogP contribution is -2.24. The molecule has 1 aliphatic rings. The molecule has 1 saturated carbocycles. The average Bonchev–Trinajstić information content (AvgIpc) is 2.66. The highest BCUT2D eigenvalue weighted by atomic mass is 15.1. The van der Waals surface area contributed by atoms with Gasteiger partial charge in [-0.15, -0.1) is 0 Å². The van der Waals surface area contributed by atoms with Crippen LogP contribution in [-0.2, 0) is 0 Å². The molecule has 1 rings (SSSR count). The van der Waals surface area contributed by atoms with E-state index >= 15 is 0 Å². The van der Waals surface area contributed by atoms with E-state index in [9.17, 15) is 0 Å². The standard InChI is InChI=1S/C8H15N/c1-4-9(3)7(2)8-5-6-8/h4,7-8H,1,5-6H2,2-3H3. The first-order chi connectivity index (χ1) is 4.25. The normalized spacial score (nSPS) is 21.1. The molecule has 1 atom stereocenters. The van der Waals surface area contributed by atoms with Gasteiger partial charge >= 0.3 is 0 Å². The number of hydrogen-bond donors (Lipinski definition) is 0. The molecule has 0 N–H and O–H groups in total. The minimum atomic E-state index is 0.711. The molecule has 1 nitrogen and oxygen atoms in total. The van der Waals surface area contributed by atoms with Gasteiger partial charge in [-0.3, -0.25) is 0 Å². The molecule has 1 heteroatoms. The highest BCUT2D eigenvalue weighted by Gasteiger charge is 2.29. The quantitative estimate of drug-likeness (QED) is 0.556. The van der Waals surface area contributed by atoms with Crippen LogP contribution >= 0.6 is 0 Å². The van der Waals surface area contributed by atoms with Crippen molar-refractivity contribution < 1.29 is 0 Å². The van der Waals surface area contributed by atoms with Crippen molar-refractivity contribution in [3.63, 3.8) is 0 Å². The fourth-order valence-corrected chi connectivity index (χ4v) is 1.08. The third-order valence-electron chi connectivity index (χ3n) is 2.23. The van der Waals surface area contributed by atoms with Crippen molar-refractivity contribution in [3.05, 3.63) is 12.8 Å². The molecule has 0 radical (unpaired) electrons. The highest BCUT2D eigenvalue weighted by molar-refractivity contribution is 4.86. The Hall–Kier alpha value is -0.460. The van der Waals surface area contributed by atoms with Crippen LogP contribution in [0.1, 0.15) is 19.8 Å². The van der Waals surface area contributed by atoms with E-state index in [2.05, 4.69) is 25.5 Å². The highest BCUT2D eigenvalue weighted by Crippen LogP contribution is 2.34. The summed E-state index contributed by atoms with van der Waals surface area (Å²) in [5.74, 6) is 0.952. The van der Waals surface area contributed by atoms with Gasteiger partial charge < -0.3 is 4.90 Å². The first-order valence-corrected chi connectivity index (χ1v) is 3.60. The number of hydrogen-bond acceptors (Lipinski definition) is 1. The van der Waals surface area contributed by atoms with E-state index < -0.39 is 0 Å². The molecule has 0 amide bonds. The van der Waals surface area contributed by atoms with Crippen LogP contribution < -0.4 is 0 Å². The first kappa shape index (κ1) is 6.66. The second-order valence-corrected chi connectivity index (χ2v) is 2.93. The molecule has 0 spiro atoms. The monoisotopic (exact) mass is 125 g/mol. The van der Waals surface area contributed by atoms with Crippen molar-refractivity contribution in [2.75, 3.05) is 7.05 Å². The summed E-state index contributed by atoms with van der Waals surface area (Å²) in [4.78, 5) is 2.19. The maximum Gasteiger partial charge on any atom is 0.0280 e. The largest absolute Gasteiger partial charge is 0.378 e. The zero-order valence-corrected chi connectivity index (χ0v) is 6.30. The summed E-state index contributed by atoms with van der Waals surface area (Å²) in [6, 6.07) is 0.711. The van der Waals surface area contributed by atoms with Crippen molar-refractivity contribution in [1.82, 2.24) is 4.90 Å². The first-order valence-electron chi connectivity index (χ1n) is 3.60. The van der Waals surface area contributed by atoms with Crippen LogP contribution in [0.3, 0.4) is 0 Å². The van der Waals surface area contributed by atoms with Gasteiger partial charge in [0.1, 0.15) is 0 Å². The van der Waals surface area contributed by atoms with E-state index in [0.717, 1.165) is 5.92 Å². The van der Waals surface area contributed by atoms with Gasteiger partial charge in [-0.25, -0.2) is 0 Å². The molecular formula is C8H15N. The predicted octanol–water partition coefficient (Wildman–Crippen LogP) is 1.86. The molecule has 1 fully saturated rings. The number of rotatable bonds is 3. The van der Waals surface area contributed by atoms with E-state index in [4.69, 9.17) is 0 Å². The van der Waals surface area contributed by atoms with Crippen LogP contribution in [0.2, 0.25) is 0 Å². The van der Waals surface area contributed by atoms with Crippen molar-refractivity contribution in [1.29, 1.82) is 0 Å². The molecule has 1 unspecified atom stereocenters. The molecule has 52 valence electrons. The third kappa shape index (κ3) is 1.47. The van der Waals surface area contributed by atoms with Gasteiger partial charge in [-0.05, 0) is 31.9 Å². The molecule has 0 aromatic carbocycles. The topological polar surface area (TPSA) is 3.24 Å². The van der Waals surface area contributed by atoms with Gasteiger partial charge in [0.2, 0.25) is 0 Å². The molecule has 0 aromatic rings. The Bertz CT molecular complexity index is 105. The Morgan fingerprint density at radius 3 is 2.56 bits per heavy atom. The Balaban J connectivity index is 2.30. The van der Waals surface area contributed by atoms with Crippen LogP contribution in [0.4, 0.5) is 0 Å². The van der Waals surface area contributed by atoms with E-state index in [0.29, 0.717) is 6.04 Å². The molecule has 0 aromatic heterocycles. The second kappa shape index (κ2) is 2.42. The summed E-state index contributed by atoms with van der Waals surface area (Å²) in [6.45, 7) is 5.98. The zero-order valence-electron chi connectivity index (χ0n) is 6.30. The van der Waals surface area contributed by atoms with Crippen molar-refractivity contribution in [2.24, 2.45) is 5.92 Å². The fourth-order valence-electron chi connectivity index (χ4n) is 1.08. The van der Waals surface area contributed by atoms with Crippen molar-refractivity contribution in [2.45, 2.75) is 25.8 Å². The van der Waals surface area contributed by atoms with Crippen molar-refractivity contribution in [3.8, 4) is 0 Å². The molecule has 0 bridgehead atoms.